The molecule has 0 radical (unpaired) electrons. The van der Waals surface area contributed by atoms with Crippen LogP contribution in [0.15, 0.2) is 60.9 Å². The van der Waals surface area contributed by atoms with Gasteiger partial charge in [0, 0.05) is 17.3 Å². The molecule has 1 aromatic carbocycles. The summed E-state index contributed by atoms with van der Waals surface area (Å²) < 4.78 is 43.2. The Hall–Kier alpha value is -3.09. The Kier molecular flexibility index (Phi) is 4.56. The Morgan fingerprint density at radius 1 is 0.920 bits per heavy atom. The van der Waals surface area contributed by atoms with Crippen LogP contribution in [0.2, 0.25) is 0 Å². The standard InChI is InChI=1S/C18H14F3N3O/c1-25-15-7-3-2-5-13(15)14-6-4-10-22-17(14)24-12-8-9-16(23-11-12)18(19,20)21/h2-11H,1H3,(H,22,24). The highest BCUT2D eigenvalue weighted by atomic mass is 19.4. The van der Waals surface area contributed by atoms with E-state index in [9.17, 15) is 13.2 Å². The van der Waals surface area contributed by atoms with Crippen LogP contribution >= 0.6 is 0 Å². The van der Waals surface area contributed by atoms with E-state index in [-0.39, 0.29) is 0 Å². The van der Waals surface area contributed by atoms with E-state index in [1.54, 1.807) is 19.4 Å². The van der Waals surface area contributed by atoms with Crippen LogP contribution in [0.1, 0.15) is 5.69 Å². The van der Waals surface area contributed by atoms with Crippen molar-refractivity contribution in [3.8, 4) is 16.9 Å². The molecule has 0 bridgehead atoms. The zero-order valence-electron chi connectivity index (χ0n) is 13.2. The van der Waals surface area contributed by atoms with E-state index in [1.165, 1.54) is 6.07 Å². The predicted molar refractivity (Wildman–Crippen MR) is 88.7 cm³/mol. The number of nitrogens with one attached hydrogen (secondary N) is 1. The van der Waals surface area contributed by atoms with Crippen LogP contribution in [-0.2, 0) is 6.18 Å². The van der Waals surface area contributed by atoms with Gasteiger partial charge >= 0.3 is 6.18 Å². The molecule has 0 aliphatic carbocycles. The SMILES string of the molecule is COc1ccccc1-c1cccnc1Nc1ccc(C(F)(F)F)nc1. The number of rotatable bonds is 4. The maximum atomic E-state index is 12.6. The number of pyridine rings is 2. The Morgan fingerprint density at radius 3 is 2.36 bits per heavy atom. The van der Waals surface area contributed by atoms with Gasteiger partial charge in [0.15, 0.2) is 0 Å². The number of hydrogen-bond donors (Lipinski definition) is 1. The molecule has 128 valence electrons. The first kappa shape index (κ1) is 16.8. The van der Waals surface area contributed by atoms with Gasteiger partial charge in [-0.25, -0.2) is 9.97 Å². The minimum atomic E-state index is -4.47. The maximum Gasteiger partial charge on any atom is 0.433 e. The van der Waals surface area contributed by atoms with Crippen LogP contribution in [0.4, 0.5) is 24.7 Å². The van der Waals surface area contributed by atoms with Gasteiger partial charge in [-0.15, -0.1) is 0 Å². The average Bonchev–Trinajstić information content (AvgIpc) is 2.62. The minimum Gasteiger partial charge on any atom is -0.496 e. The number of anilines is 2. The molecule has 3 rings (SSSR count). The molecule has 0 amide bonds. The summed E-state index contributed by atoms with van der Waals surface area (Å²) in [5, 5.41) is 3.00. The van der Waals surface area contributed by atoms with Gasteiger partial charge in [0.05, 0.1) is 19.0 Å². The van der Waals surface area contributed by atoms with Crippen molar-refractivity contribution in [2.45, 2.75) is 6.18 Å². The lowest BCUT2D eigenvalue weighted by Gasteiger charge is -2.14. The molecule has 0 unspecified atom stereocenters. The van der Waals surface area contributed by atoms with Crippen molar-refractivity contribution in [2.75, 3.05) is 12.4 Å². The molecule has 0 aliphatic heterocycles. The quantitative estimate of drug-likeness (QED) is 0.729. The predicted octanol–water partition coefficient (Wildman–Crippen LogP) is 4.91. The van der Waals surface area contributed by atoms with Gasteiger partial charge in [-0.3, -0.25) is 0 Å². The first-order valence-corrected chi connectivity index (χ1v) is 7.37. The van der Waals surface area contributed by atoms with Crippen LogP contribution in [0, 0.1) is 0 Å². The number of halogens is 3. The molecular formula is C18H14F3N3O. The summed E-state index contributed by atoms with van der Waals surface area (Å²) in [5.41, 5.74) is 1.05. The van der Waals surface area contributed by atoms with Crippen molar-refractivity contribution in [1.29, 1.82) is 0 Å². The fourth-order valence-corrected chi connectivity index (χ4v) is 2.36. The third kappa shape index (κ3) is 3.71. The van der Waals surface area contributed by atoms with Crippen molar-refractivity contribution in [3.05, 3.63) is 66.6 Å². The van der Waals surface area contributed by atoms with E-state index in [0.29, 0.717) is 17.3 Å². The Balaban J connectivity index is 1.94. The summed E-state index contributed by atoms with van der Waals surface area (Å²) in [6, 6.07) is 13.3. The molecule has 0 saturated carbocycles. The normalized spacial score (nSPS) is 11.2. The molecule has 2 aromatic heterocycles. The maximum absolute atomic E-state index is 12.6. The first-order valence-electron chi connectivity index (χ1n) is 7.37. The molecule has 25 heavy (non-hydrogen) atoms. The molecular weight excluding hydrogens is 331 g/mol. The molecule has 1 N–H and O–H groups in total. The summed E-state index contributed by atoms with van der Waals surface area (Å²) in [6.07, 6.45) is -1.74. The van der Waals surface area contributed by atoms with E-state index in [4.69, 9.17) is 4.74 Å². The van der Waals surface area contributed by atoms with Gasteiger partial charge in [0.2, 0.25) is 0 Å². The average molecular weight is 345 g/mol. The topological polar surface area (TPSA) is 47.0 Å². The lowest BCUT2D eigenvalue weighted by molar-refractivity contribution is -0.141. The van der Waals surface area contributed by atoms with Gasteiger partial charge in [-0.1, -0.05) is 18.2 Å². The number of alkyl halides is 3. The summed E-state index contributed by atoms with van der Waals surface area (Å²) in [6.45, 7) is 0. The number of nitrogens with zero attached hydrogens (tertiary/aromatic N) is 2. The van der Waals surface area contributed by atoms with Crippen molar-refractivity contribution in [2.24, 2.45) is 0 Å². The van der Waals surface area contributed by atoms with Gasteiger partial charge < -0.3 is 10.1 Å². The molecule has 0 spiro atoms. The first-order chi connectivity index (χ1) is 12.0. The second-order valence-electron chi connectivity index (χ2n) is 5.15. The van der Waals surface area contributed by atoms with E-state index in [0.717, 1.165) is 23.4 Å². The third-order valence-electron chi connectivity index (χ3n) is 3.52. The van der Waals surface area contributed by atoms with Crippen molar-refractivity contribution < 1.29 is 17.9 Å². The van der Waals surface area contributed by atoms with Crippen LogP contribution in [0.5, 0.6) is 5.75 Å². The fourth-order valence-electron chi connectivity index (χ4n) is 2.36. The Morgan fingerprint density at radius 2 is 1.68 bits per heavy atom. The highest BCUT2D eigenvalue weighted by Gasteiger charge is 2.32. The number of ether oxygens (including phenoxy) is 1. The van der Waals surface area contributed by atoms with E-state index >= 15 is 0 Å². The second-order valence-corrected chi connectivity index (χ2v) is 5.15. The van der Waals surface area contributed by atoms with Crippen molar-refractivity contribution in [1.82, 2.24) is 9.97 Å². The van der Waals surface area contributed by atoms with Gasteiger partial charge in [0.1, 0.15) is 17.3 Å². The van der Waals surface area contributed by atoms with Crippen LogP contribution in [0.25, 0.3) is 11.1 Å². The molecule has 2 heterocycles. The Labute approximate surface area is 142 Å². The van der Waals surface area contributed by atoms with Crippen LogP contribution in [0.3, 0.4) is 0 Å². The third-order valence-corrected chi connectivity index (χ3v) is 3.52. The minimum absolute atomic E-state index is 0.405. The molecule has 4 nitrogen and oxygen atoms in total. The van der Waals surface area contributed by atoms with Gasteiger partial charge in [-0.05, 0) is 30.3 Å². The highest BCUT2D eigenvalue weighted by molar-refractivity contribution is 5.81. The van der Waals surface area contributed by atoms with Crippen LogP contribution in [-0.4, -0.2) is 17.1 Å². The van der Waals surface area contributed by atoms with E-state index in [1.807, 2.05) is 30.3 Å². The highest BCUT2D eigenvalue weighted by Crippen LogP contribution is 2.35. The summed E-state index contributed by atoms with van der Waals surface area (Å²) in [5.74, 6) is 1.16. The summed E-state index contributed by atoms with van der Waals surface area (Å²) in [7, 11) is 1.57. The monoisotopic (exact) mass is 345 g/mol. The number of para-hydroxylation sites is 1. The Bertz CT molecular complexity index is 864. The molecule has 3 aromatic rings. The molecule has 0 aliphatic rings. The number of hydrogen-bond acceptors (Lipinski definition) is 4. The molecule has 0 atom stereocenters. The molecule has 0 fully saturated rings. The number of aromatic nitrogens is 2. The largest absolute Gasteiger partial charge is 0.496 e. The smallest absolute Gasteiger partial charge is 0.433 e. The van der Waals surface area contributed by atoms with E-state index in [2.05, 4.69) is 15.3 Å². The van der Waals surface area contributed by atoms with Gasteiger partial charge in [0.25, 0.3) is 0 Å². The van der Waals surface area contributed by atoms with Crippen molar-refractivity contribution >= 4 is 11.5 Å². The van der Waals surface area contributed by atoms with Gasteiger partial charge in [-0.2, -0.15) is 13.2 Å². The molecule has 7 heteroatoms. The zero-order chi connectivity index (χ0) is 17.9. The van der Waals surface area contributed by atoms with E-state index < -0.39 is 11.9 Å². The lowest BCUT2D eigenvalue weighted by Crippen LogP contribution is -2.07. The number of methoxy groups -OCH3 is 1. The second kappa shape index (κ2) is 6.80. The van der Waals surface area contributed by atoms with Crippen LogP contribution < -0.4 is 10.1 Å². The molecule has 0 saturated heterocycles. The summed E-state index contributed by atoms with van der Waals surface area (Å²) in [4.78, 5) is 7.72. The lowest BCUT2D eigenvalue weighted by atomic mass is 10.1. The van der Waals surface area contributed by atoms with Crippen molar-refractivity contribution in [3.63, 3.8) is 0 Å². The number of benzene rings is 1. The summed E-state index contributed by atoms with van der Waals surface area (Å²) >= 11 is 0. The fraction of sp³-hybridized carbons (Fsp3) is 0.111. The zero-order valence-corrected chi connectivity index (χ0v) is 13.2.